The zero-order chi connectivity index (χ0) is 11.5. The molecule has 0 bridgehead atoms. The Morgan fingerprint density at radius 2 is 1.80 bits per heavy atom. The molecule has 0 aliphatic rings. The standard InChI is InChI=1S/C10H11F4N/c11-9-4-2-1-3-7(9)5-8(15)6-10(12,13)14/h1-4,8H,5-6,15H2. The summed E-state index contributed by atoms with van der Waals surface area (Å²) in [6.07, 6.45) is -5.50. The molecule has 1 atom stereocenters. The first kappa shape index (κ1) is 12.0. The molecule has 15 heavy (non-hydrogen) atoms. The summed E-state index contributed by atoms with van der Waals surface area (Å²) in [4.78, 5) is 0. The number of hydrogen-bond acceptors (Lipinski definition) is 1. The summed E-state index contributed by atoms with van der Waals surface area (Å²) in [7, 11) is 0. The van der Waals surface area contributed by atoms with Gasteiger partial charge in [0, 0.05) is 6.04 Å². The summed E-state index contributed by atoms with van der Waals surface area (Å²) in [5, 5.41) is 0. The SMILES string of the molecule is NC(Cc1ccccc1F)CC(F)(F)F. The predicted octanol–water partition coefficient (Wildman–Crippen LogP) is 2.65. The molecular weight excluding hydrogens is 210 g/mol. The lowest BCUT2D eigenvalue weighted by Crippen LogP contribution is -2.29. The van der Waals surface area contributed by atoms with Crippen molar-refractivity contribution in [2.45, 2.75) is 25.1 Å². The Hall–Kier alpha value is -1.10. The zero-order valence-corrected chi connectivity index (χ0v) is 7.89. The van der Waals surface area contributed by atoms with Gasteiger partial charge in [0.15, 0.2) is 0 Å². The highest BCUT2D eigenvalue weighted by atomic mass is 19.4. The number of hydrogen-bond donors (Lipinski definition) is 1. The first-order valence-corrected chi connectivity index (χ1v) is 4.44. The number of benzene rings is 1. The fourth-order valence-corrected chi connectivity index (χ4v) is 1.32. The van der Waals surface area contributed by atoms with Crippen molar-refractivity contribution in [3.63, 3.8) is 0 Å². The van der Waals surface area contributed by atoms with Crippen LogP contribution >= 0.6 is 0 Å². The lowest BCUT2D eigenvalue weighted by atomic mass is 10.0. The monoisotopic (exact) mass is 221 g/mol. The molecule has 1 rings (SSSR count). The van der Waals surface area contributed by atoms with Gasteiger partial charge in [0.25, 0.3) is 0 Å². The minimum Gasteiger partial charge on any atom is -0.327 e. The van der Waals surface area contributed by atoms with Crippen molar-refractivity contribution in [3.8, 4) is 0 Å². The molecule has 0 radical (unpaired) electrons. The van der Waals surface area contributed by atoms with Gasteiger partial charge >= 0.3 is 6.18 Å². The number of halogens is 4. The van der Waals surface area contributed by atoms with E-state index < -0.39 is 24.5 Å². The van der Waals surface area contributed by atoms with Gasteiger partial charge in [-0.2, -0.15) is 13.2 Å². The summed E-state index contributed by atoms with van der Waals surface area (Å²) >= 11 is 0. The lowest BCUT2D eigenvalue weighted by Gasteiger charge is -2.14. The van der Waals surface area contributed by atoms with Gasteiger partial charge in [-0.25, -0.2) is 4.39 Å². The maximum absolute atomic E-state index is 13.0. The summed E-state index contributed by atoms with van der Waals surface area (Å²) in [6, 6.07) is 4.59. The van der Waals surface area contributed by atoms with Crippen LogP contribution in [0.5, 0.6) is 0 Å². The van der Waals surface area contributed by atoms with E-state index in [1.165, 1.54) is 18.2 Å². The molecule has 0 aromatic heterocycles. The van der Waals surface area contributed by atoms with Crippen molar-refractivity contribution in [2.24, 2.45) is 5.73 Å². The fraction of sp³-hybridized carbons (Fsp3) is 0.400. The van der Waals surface area contributed by atoms with Crippen LogP contribution in [0.2, 0.25) is 0 Å². The van der Waals surface area contributed by atoms with Crippen LogP contribution in [0.15, 0.2) is 24.3 Å². The molecule has 5 heteroatoms. The molecule has 1 aromatic rings. The summed E-state index contributed by atoms with van der Waals surface area (Å²) < 4.78 is 48.9. The molecule has 0 heterocycles. The van der Waals surface area contributed by atoms with E-state index in [1.807, 2.05) is 0 Å². The smallest absolute Gasteiger partial charge is 0.327 e. The van der Waals surface area contributed by atoms with Crippen molar-refractivity contribution in [3.05, 3.63) is 35.6 Å². The van der Waals surface area contributed by atoms with Crippen molar-refractivity contribution in [2.75, 3.05) is 0 Å². The fourth-order valence-electron chi connectivity index (χ4n) is 1.32. The van der Waals surface area contributed by atoms with Crippen LogP contribution < -0.4 is 5.73 Å². The minimum absolute atomic E-state index is 0.105. The van der Waals surface area contributed by atoms with Crippen LogP contribution in [0, 0.1) is 5.82 Å². The Kier molecular flexibility index (Phi) is 3.68. The first-order valence-electron chi connectivity index (χ1n) is 4.44. The molecule has 0 spiro atoms. The highest BCUT2D eigenvalue weighted by molar-refractivity contribution is 5.18. The highest BCUT2D eigenvalue weighted by Gasteiger charge is 2.30. The molecule has 1 aromatic carbocycles. The van der Waals surface area contributed by atoms with E-state index in [0.717, 1.165) is 0 Å². The van der Waals surface area contributed by atoms with E-state index in [4.69, 9.17) is 5.73 Å². The maximum Gasteiger partial charge on any atom is 0.390 e. The van der Waals surface area contributed by atoms with E-state index in [2.05, 4.69) is 0 Å². The van der Waals surface area contributed by atoms with Gasteiger partial charge in [-0.05, 0) is 18.1 Å². The van der Waals surface area contributed by atoms with Crippen LogP contribution in [0.25, 0.3) is 0 Å². The van der Waals surface area contributed by atoms with Crippen molar-refractivity contribution in [1.29, 1.82) is 0 Å². The second-order valence-corrected chi connectivity index (χ2v) is 3.37. The zero-order valence-electron chi connectivity index (χ0n) is 7.89. The molecule has 1 nitrogen and oxygen atoms in total. The van der Waals surface area contributed by atoms with E-state index in [0.29, 0.717) is 0 Å². The molecule has 0 saturated heterocycles. The Labute approximate surface area is 84.9 Å². The third-order valence-electron chi connectivity index (χ3n) is 1.93. The van der Waals surface area contributed by atoms with Gasteiger partial charge in [-0.1, -0.05) is 18.2 Å². The molecule has 2 N–H and O–H groups in total. The van der Waals surface area contributed by atoms with Crippen LogP contribution in [0.1, 0.15) is 12.0 Å². The van der Waals surface area contributed by atoms with Gasteiger partial charge < -0.3 is 5.73 Å². The summed E-state index contributed by atoms with van der Waals surface area (Å²) in [5.74, 6) is -0.518. The topological polar surface area (TPSA) is 26.0 Å². The molecule has 0 amide bonds. The third kappa shape index (κ3) is 4.29. The number of rotatable bonds is 3. The van der Waals surface area contributed by atoms with Crippen LogP contribution in [-0.2, 0) is 6.42 Å². The van der Waals surface area contributed by atoms with Crippen molar-refractivity contribution < 1.29 is 17.6 Å². The Morgan fingerprint density at radius 3 is 2.33 bits per heavy atom. The molecule has 0 saturated carbocycles. The van der Waals surface area contributed by atoms with E-state index in [9.17, 15) is 17.6 Å². The summed E-state index contributed by atoms with van der Waals surface area (Å²) in [6.45, 7) is 0. The minimum atomic E-state index is -4.30. The van der Waals surface area contributed by atoms with Crippen LogP contribution in [0.3, 0.4) is 0 Å². The highest BCUT2D eigenvalue weighted by Crippen LogP contribution is 2.22. The van der Waals surface area contributed by atoms with E-state index in [1.54, 1.807) is 6.07 Å². The summed E-state index contributed by atoms with van der Waals surface area (Å²) in [5.41, 5.74) is 5.49. The molecular formula is C10H11F4N. The van der Waals surface area contributed by atoms with Gasteiger partial charge in [-0.3, -0.25) is 0 Å². The Balaban J connectivity index is 2.59. The number of nitrogens with two attached hydrogens (primary N) is 1. The predicted molar refractivity (Wildman–Crippen MR) is 48.8 cm³/mol. The average Bonchev–Trinajstić information content (AvgIpc) is 2.05. The van der Waals surface area contributed by atoms with Crippen LogP contribution in [-0.4, -0.2) is 12.2 Å². The number of alkyl halides is 3. The van der Waals surface area contributed by atoms with Crippen molar-refractivity contribution in [1.82, 2.24) is 0 Å². The quantitative estimate of drug-likeness (QED) is 0.780. The molecule has 84 valence electrons. The second kappa shape index (κ2) is 4.61. The molecule has 0 aliphatic carbocycles. The normalized spacial score (nSPS) is 13.9. The average molecular weight is 221 g/mol. The first-order chi connectivity index (χ1) is 6.88. The maximum atomic E-state index is 13.0. The van der Waals surface area contributed by atoms with E-state index in [-0.39, 0.29) is 12.0 Å². The van der Waals surface area contributed by atoms with Gasteiger partial charge in [-0.15, -0.1) is 0 Å². The largest absolute Gasteiger partial charge is 0.390 e. The van der Waals surface area contributed by atoms with Gasteiger partial charge in [0.1, 0.15) is 5.82 Å². The second-order valence-electron chi connectivity index (χ2n) is 3.37. The van der Waals surface area contributed by atoms with Crippen LogP contribution in [0.4, 0.5) is 17.6 Å². The molecule has 0 aliphatic heterocycles. The molecule has 0 fully saturated rings. The lowest BCUT2D eigenvalue weighted by molar-refractivity contribution is -0.138. The Bertz CT molecular complexity index is 321. The van der Waals surface area contributed by atoms with Gasteiger partial charge in [0.05, 0.1) is 6.42 Å². The van der Waals surface area contributed by atoms with Crippen molar-refractivity contribution >= 4 is 0 Å². The molecule has 1 unspecified atom stereocenters. The van der Waals surface area contributed by atoms with Gasteiger partial charge in [0.2, 0.25) is 0 Å². The van der Waals surface area contributed by atoms with E-state index >= 15 is 0 Å². The Morgan fingerprint density at radius 1 is 1.20 bits per heavy atom. The third-order valence-corrected chi connectivity index (χ3v) is 1.93.